The molecule has 2 aliphatic heterocycles. The summed E-state index contributed by atoms with van der Waals surface area (Å²) < 4.78 is 5.83. The fourth-order valence-electron chi connectivity index (χ4n) is 3.56. The van der Waals surface area contributed by atoms with Gasteiger partial charge in [0, 0.05) is 45.3 Å². The quantitative estimate of drug-likeness (QED) is 0.823. The Kier molecular flexibility index (Phi) is 6.89. The van der Waals surface area contributed by atoms with Gasteiger partial charge in [-0.15, -0.1) is 0 Å². The van der Waals surface area contributed by atoms with Gasteiger partial charge in [0.15, 0.2) is 0 Å². The number of urea groups is 1. The number of nitrogens with zero attached hydrogens (tertiary/aromatic N) is 3. The fourth-order valence-corrected chi connectivity index (χ4v) is 3.56. The Balaban J connectivity index is 1.86. The van der Waals surface area contributed by atoms with Crippen LogP contribution in [-0.4, -0.2) is 91.8 Å². The van der Waals surface area contributed by atoms with E-state index in [1.807, 2.05) is 4.90 Å². The summed E-state index contributed by atoms with van der Waals surface area (Å²) in [5.74, 6) is 0.527. The number of carbonyl (C=O) groups excluding carboxylic acids is 1. The van der Waals surface area contributed by atoms with E-state index in [9.17, 15) is 4.79 Å². The van der Waals surface area contributed by atoms with Gasteiger partial charge in [-0.1, -0.05) is 20.8 Å². The number of morpholine rings is 1. The van der Waals surface area contributed by atoms with Gasteiger partial charge >= 0.3 is 6.03 Å². The number of likely N-dealkylation sites (N-methyl/N-ethyl adjacent to an activating group) is 1. The highest BCUT2D eigenvalue weighted by atomic mass is 16.5. The Morgan fingerprint density at radius 2 is 1.88 bits per heavy atom. The predicted octanol–water partition coefficient (Wildman–Crippen LogP) is 1.47. The minimum atomic E-state index is -0.204. The molecule has 0 saturated carbocycles. The van der Waals surface area contributed by atoms with E-state index in [-0.39, 0.29) is 11.6 Å². The summed E-state index contributed by atoms with van der Waals surface area (Å²) >= 11 is 0. The van der Waals surface area contributed by atoms with Gasteiger partial charge in [-0.05, 0) is 26.3 Å². The number of piperazine rings is 1. The molecule has 0 bridgehead atoms. The molecule has 0 radical (unpaired) electrons. The zero-order valence-corrected chi connectivity index (χ0v) is 16.2. The standard InChI is InChI=1S/C18H36N4O2/c1-6-18(4)14-22(11-12-24-18)17(23)19-13-16(15(2)3)21-9-7-20(5)8-10-21/h15-16H,6-14H2,1-5H3,(H,19,23)/t16-,18+/m1/s1. The first-order valence-electron chi connectivity index (χ1n) is 9.44. The van der Waals surface area contributed by atoms with E-state index in [2.05, 4.69) is 49.9 Å². The lowest BCUT2D eigenvalue weighted by Gasteiger charge is -2.42. The van der Waals surface area contributed by atoms with Crippen LogP contribution in [0.1, 0.15) is 34.1 Å². The summed E-state index contributed by atoms with van der Waals surface area (Å²) in [5.41, 5.74) is -0.204. The minimum Gasteiger partial charge on any atom is -0.372 e. The van der Waals surface area contributed by atoms with Crippen molar-refractivity contribution in [3.63, 3.8) is 0 Å². The first-order valence-corrected chi connectivity index (χ1v) is 9.44. The molecule has 1 N–H and O–H groups in total. The van der Waals surface area contributed by atoms with Crippen LogP contribution in [0.3, 0.4) is 0 Å². The second-order valence-electron chi connectivity index (χ2n) is 7.91. The summed E-state index contributed by atoms with van der Waals surface area (Å²) in [6, 6.07) is 0.457. The summed E-state index contributed by atoms with van der Waals surface area (Å²) in [6.07, 6.45) is 0.923. The van der Waals surface area contributed by atoms with Crippen molar-refractivity contribution in [2.45, 2.75) is 45.8 Å². The molecule has 2 fully saturated rings. The normalized spacial score (nSPS) is 28.2. The molecule has 24 heavy (non-hydrogen) atoms. The molecule has 0 aromatic carbocycles. The van der Waals surface area contributed by atoms with Crippen molar-refractivity contribution in [1.82, 2.24) is 20.0 Å². The molecule has 6 nitrogen and oxygen atoms in total. The highest BCUT2D eigenvalue weighted by molar-refractivity contribution is 5.74. The van der Waals surface area contributed by atoms with Crippen LogP contribution >= 0.6 is 0 Å². The summed E-state index contributed by atoms with van der Waals surface area (Å²) in [4.78, 5) is 19.4. The van der Waals surface area contributed by atoms with Crippen LogP contribution in [0.2, 0.25) is 0 Å². The summed E-state index contributed by atoms with van der Waals surface area (Å²) in [7, 11) is 2.17. The molecular weight excluding hydrogens is 304 g/mol. The smallest absolute Gasteiger partial charge is 0.317 e. The van der Waals surface area contributed by atoms with Crippen molar-refractivity contribution in [2.75, 3.05) is 59.5 Å². The van der Waals surface area contributed by atoms with Crippen LogP contribution in [0.5, 0.6) is 0 Å². The van der Waals surface area contributed by atoms with Crippen LogP contribution in [0.15, 0.2) is 0 Å². The number of ether oxygens (including phenoxy) is 1. The maximum Gasteiger partial charge on any atom is 0.317 e. The third-order valence-corrected chi connectivity index (χ3v) is 5.61. The lowest BCUT2D eigenvalue weighted by atomic mass is 10.0. The third kappa shape index (κ3) is 5.07. The van der Waals surface area contributed by atoms with Crippen molar-refractivity contribution in [3.8, 4) is 0 Å². The van der Waals surface area contributed by atoms with Crippen molar-refractivity contribution in [2.24, 2.45) is 5.92 Å². The molecule has 0 spiro atoms. The summed E-state index contributed by atoms with van der Waals surface area (Å²) in [5, 5.41) is 3.18. The average molecular weight is 341 g/mol. The van der Waals surface area contributed by atoms with Crippen LogP contribution in [0.25, 0.3) is 0 Å². The Labute approximate surface area is 147 Å². The van der Waals surface area contributed by atoms with E-state index in [4.69, 9.17) is 4.74 Å². The Morgan fingerprint density at radius 1 is 1.21 bits per heavy atom. The van der Waals surface area contributed by atoms with Crippen molar-refractivity contribution >= 4 is 6.03 Å². The van der Waals surface area contributed by atoms with E-state index < -0.39 is 0 Å². The second kappa shape index (κ2) is 8.50. The molecule has 2 saturated heterocycles. The van der Waals surface area contributed by atoms with Gasteiger partial charge in [0.2, 0.25) is 0 Å². The van der Waals surface area contributed by atoms with Gasteiger partial charge in [-0.25, -0.2) is 4.79 Å². The number of amides is 2. The number of nitrogens with one attached hydrogen (secondary N) is 1. The molecule has 0 aliphatic carbocycles. The van der Waals surface area contributed by atoms with E-state index in [0.29, 0.717) is 31.7 Å². The molecule has 2 aliphatic rings. The topological polar surface area (TPSA) is 48.1 Å². The SMILES string of the molecule is CC[C@@]1(C)CN(C(=O)NC[C@H](C(C)C)N2CCN(C)CC2)CCO1. The molecule has 6 heteroatoms. The van der Waals surface area contributed by atoms with Crippen LogP contribution in [0, 0.1) is 5.92 Å². The fraction of sp³-hybridized carbons (Fsp3) is 0.944. The Hall–Kier alpha value is -0.850. The van der Waals surface area contributed by atoms with E-state index in [1.54, 1.807) is 0 Å². The first-order chi connectivity index (χ1) is 11.3. The summed E-state index contributed by atoms with van der Waals surface area (Å²) in [6.45, 7) is 15.8. The molecule has 0 unspecified atom stereocenters. The third-order valence-electron chi connectivity index (χ3n) is 5.61. The van der Waals surface area contributed by atoms with E-state index >= 15 is 0 Å². The van der Waals surface area contributed by atoms with Crippen molar-refractivity contribution in [1.29, 1.82) is 0 Å². The maximum atomic E-state index is 12.6. The van der Waals surface area contributed by atoms with Crippen LogP contribution in [-0.2, 0) is 4.74 Å². The molecule has 2 rings (SSSR count). The van der Waals surface area contributed by atoms with Gasteiger partial charge in [-0.3, -0.25) is 4.90 Å². The van der Waals surface area contributed by atoms with Crippen molar-refractivity contribution < 1.29 is 9.53 Å². The zero-order valence-electron chi connectivity index (χ0n) is 16.2. The molecule has 0 aromatic rings. The number of hydrogen-bond donors (Lipinski definition) is 1. The largest absolute Gasteiger partial charge is 0.372 e. The average Bonchev–Trinajstić information content (AvgIpc) is 2.56. The van der Waals surface area contributed by atoms with Gasteiger partial charge in [0.25, 0.3) is 0 Å². The number of carbonyl (C=O) groups is 1. The van der Waals surface area contributed by atoms with Gasteiger partial charge < -0.3 is 19.9 Å². The maximum absolute atomic E-state index is 12.6. The molecule has 140 valence electrons. The first kappa shape index (κ1) is 19.5. The molecule has 2 amide bonds. The minimum absolute atomic E-state index is 0.0535. The van der Waals surface area contributed by atoms with Crippen LogP contribution in [0.4, 0.5) is 4.79 Å². The van der Waals surface area contributed by atoms with Gasteiger partial charge in [-0.2, -0.15) is 0 Å². The van der Waals surface area contributed by atoms with Gasteiger partial charge in [0.1, 0.15) is 0 Å². The highest BCUT2D eigenvalue weighted by Gasteiger charge is 2.33. The van der Waals surface area contributed by atoms with E-state index in [0.717, 1.165) is 39.1 Å². The predicted molar refractivity (Wildman–Crippen MR) is 97.3 cm³/mol. The zero-order chi connectivity index (χ0) is 17.7. The van der Waals surface area contributed by atoms with Crippen LogP contribution < -0.4 is 5.32 Å². The molecule has 0 aromatic heterocycles. The number of rotatable bonds is 5. The lowest BCUT2D eigenvalue weighted by molar-refractivity contribution is -0.0873. The molecular formula is C18H36N4O2. The van der Waals surface area contributed by atoms with Gasteiger partial charge in [0.05, 0.1) is 18.8 Å². The highest BCUT2D eigenvalue weighted by Crippen LogP contribution is 2.21. The Bertz CT molecular complexity index is 410. The Morgan fingerprint density at radius 3 is 2.46 bits per heavy atom. The van der Waals surface area contributed by atoms with E-state index in [1.165, 1.54) is 0 Å². The second-order valence-corrected chi connectivity index (χ2v) is 7.91. The van der Waals surface area contributed by atoms with Crippen molar-refractivity contribution in [3.05, 3.63) is 0 Å². The lowest BCUT2D eigenvalue weighted by Crippen LogP contribution is -2.57. The number of hydrogen-bond acceptors (Lipinski definition) is 4. The monoisotopic (exact) mass is 340 g/mol. The molecule has 2 atom stereocenters. The molecule has 2 heterocycles.